The zero-order valence-corrected chi connectivity index (χ0v) is 12.9. The molecule has 0 bridgehead atoms. The fourth-order valence-corrected chi connectivity index (χ4v) is 4.61. The molecule has 0 aliphatic carbocycles. The number of hydrogen-bond acceptors (Lipinski definition) is 3. The summed E-state index contributed by atoms with van der Waals surface area (Å²) in [6.45, 7) is 5.11. The highest BCUT2D eigenvalue weighted by molar-refractivity contribution is 7.07. The second-order valence-corrected chi connectivity index (χ2v) is 7.11. The summed E-state index contributed by atoms with van der Waals surface area (Å²) in [6.07, 6.45) is 7.17. The first-order chi connectivity index (χ1) is 9.33. The molecule has 3 heterocycles. The largest absolute Gasteiger partial charge is 0.302 e. The van der Waals surface area contributed by atoms with E-state index in [1.54, 1.807) is 0 Å². The van der Waals surface area contributed by atoms with E-state index >= 15 is 0 Å². The quantitative estimate of drug-likeness (QED) is 0.832. The first kappa shape index (κ1) is 13.6. The summed E-state index contributed by atoms with van der Waals surface area (Å²) in [5.74, 6) is 0.901. The maximum atomic E-state index is 2.77. The highest BCUT2D eigenvalue weighted by Crippen LogP contribution is 2.31. The Hall–Kier alpha value is -0.380. The van der Waals surface area contributed by atoms with Crippen molar-refractivity contribution in [3.8, 4) is 0 Å². The Balaban J connectivity index is 1.55. The monoisotopic (exact) mass is 278 g/mol. The summed E-state index contributed by atoms with van der Waals surface area (Å²) >= 11 is 1.81. The van der Waals surface area contributed by atoms with E-state index in [1.165, 1.54) is 57.3 Å². The average molecular weight is 278 g/mol. The smallest absolute Gasteiger partial charge is 0.0239 e. The van der Waals surface area contributed by atoms with Crippen molar-refractivity contribution in [1.29, 1.82) is 0 Å². The molecule has 106 valence electrons. The zero-order valence-electron chi connectivity index (χ0n) is 12.1. The van der Waals surface area contributed by atoms with E-state index in [-0.39, 0.29) is 0 Å². The van der Waals surface area contributed by atoms with Gasteiger partial charge in [0.1, 0.15) is 0 Å². The lowest BCUT2D eigenvalue weighted by atomic mass is 9.83. The summed E-state index contributed by atoms with van der Waals surface area (Å²) in [4.78, 5) is 5.31. The summed E-state index contributed by atoms with van der Waals surface area (Å²) in [5.41, 5.74) is 1.48. The predicted molar refractivity (Wildman–Crippen MR) is 82.6 cm³/mol. The van der Waals surface area contributed by atoms with Crippen molar-refractivity contribution in [3.63, 3.8) is 0 Å². The molecule has 19 heavy (non-hydrogen) atoms. The van der Waals surface area contributed by atoms with Crippen LogP contribution < -0.4 is 0 Å². The minimum atomic E-state index is 0.882. The van der Waals surface area contributed by atoms with Crippen LogP contribution in [0.3, 0.4) is 0 Å². The molecule has 2 nitrogen and oxygen atoms in total. The number of fused-ring (bicyclic) bond motifs is 1. The molecule has 2 saturated heterocycles. The topological polar surface area (TPSA) is 6.48 Å². The summed E-state index contributed by atoms with van der Waals surface area (Å²) < 4.78 is 0. The maximum Gasteiger partial charge on any atom is 0.0239 e. The minimum absolute atomic E-state index is 0.882. The van der Waals surface area contributed by atoms with Gasteiger partial charge < -0.3 is 9.80 Å². The standard InChI is InChI=1S/C16H26N2S/c1-17(11-14-7-10-19-13-14)12-15-5-4-9-18-8-3-2-6-16(15)18/h7,10,13,15-16H,2-6,8-9,11-12H2,1H3. The van der Waals surface area contributed by atoms with Crippen LogP contribution in [0.25, 0.3) is 0 Å². The van der Waals surface area contributed by atoms with E-state index in [4.69, 9.17) is 0 Å². The molecule has 2 aliphatic rings. The maximum absolute atomic E-state index is 2.77. The first-order valence-electron chi connectivity index (χ1n) is 7.76. The lowest BCUT2D eigenvalue weighted by molar-refractivity contribution is 0.0435. The van der Waals surface area contributed by atoms with Gasteiger partial charge in [-0.25, -0.2) is 0 Å². The Bertz CT molecular complexity index is 374. The van der Waals surface area contributed by atoms with Gasteiger partial charge >= 0.3 is 0 Å². The number of rotatable bonds is 4. The van der Waals surface area contributed by atoms with Gasteiger partial charge in [0.2, 0.25) is 0 Å². The molecule has 0 radical (unpaired) electrons. The predicted octanol–water partition coefficient (Wildman–Crippen LogP) is 3.44. The van der Waals surface area contributed by atoms with Crippen molar-refractivity contribution in [3.05, 3.63) is 22.4 Å². The van der Waals surface area contributed by atoms with Gasteiger partial charge in [0, 0.05) is 19.1 Å². The number of hydrogen-bond donors (Lipinski definition) is 0. The number of thiophene rings is 1. The third kappa shape index (κ3) is 3.39. The van der Waals surface area contributed by atoms with Crippen molar-refractivity contribution in [1.82, 2.24) is 9.80 Å². The van der Waals surface area contributed by atoms with E-state index in [9.17, 15) is 0 Å². The highest BCUT2D eigenvalue weighted by atomic mass is 32.1. The molecule has 2 fully saturated rings. The lowest BCUT2D eigenvalue weighted by Gasteiger charge is -2.45. The summed E-state index contributed by atoms with van der Waals surface area (Å²) in [7, 11) is 2.29. The van der Waals surface area contributed by atoms with Crippen molar-refractivity contribution in [2.75, 3.05) is 26.7 Å². The van der Waals surface area contributed by atoms with Gasteiger partial charge in [-0.3, -0.25) is 0 Å². The van der Waals surface area contributed by atoms with Crippen LogP contribution in [0.15, 0.2) is 16.8 Å². The summed E-state index contributed by atoms with van der Waals surface area (Å²) in [5, 5.41) is 4.47. The Labute approximate surface area is 121 Å². The van der Waals surface area contributed by atoms with E-state index in [1.807, 2.05) is 11.3 Å². The van der Waals surface area contributed by atoms with Gasteiger partial charge in [-0.2, -0.15) is 11.3 Å². The second-order valence-electron chi connectivity index (χ2n) is 6.33. The van der Waals surface area contributed by atoms with Crippen LogP contribution in [0.4, 0.5) is 0 Å². The zero-order chi connectivity index (χ0) is 13.1. The second kappa shape index (κ2) is 6.38. The molecule has 2 aliphatic heterocycles. The highest BCUT2D eigenvalue weighted by Gasteiger charge is 2.33. The van der Waals surface area contributed by atoms with Crippen LogP contribution >= 0.6 is 11.3 Å². The summed E-state index contributed by atoms with van der Waals surface area (Å²) in [6, 6.07) is 3.14. The van der Waals surface area contributed by atoms with Gasteiger partial charge in [-0.1, -0.05) is 6.42 Å². The molecule has 2 unspecified atom stereocenters. The number of piperidine rings is 2. The fraction of sp³-hybridized carbons (Fsp3) is 0.750. The van der Waals surface area contributed by atoms with Gasteiger partial charge in [-0.05, 0) is 74.1 Å². The normalized spacial score (nSPS) is 28.5. The van der Waals surface area contributed by atoms with Crippen LogP contribution in [-0.2, 0) is 6.54 Å². The Morgan fingerprint density at radius 1 is 1.26 bits per heavy atom. The first-order valence-corrected chi connectivity index (χ1v) is 8.71. The molecule has 1 aromatic rings. The molecule has 3 rings (SSSR count). The van der Waals surface area contributed by atoms with Crippen LogP contribution in [-0.4, -0.2) is 42.5 Å². The van der Waals surface area contributed by atoms with Crippen molar-refractivity contribution < 1.29 is 0 Å². The lowest BCUT2D eigenvalue weighted by Crippen LogP contribution is -2.50. The van der Waals surface area contributed by atoms with Gasteiger partial charge in [0.25, 0.3) is 0 Å². The van der Waals surface area contributed by atoms with Crippen LogP contribution in [0.2, 0.25) is 0 Å². The third-order valence-corrected chi connectivity index (χ3v) is 5.54. The van der Waals surface area contributed by atoms with Crippen LogP contribution in [0.5, 0.6) is 0 Å². The fourth-order valence-electron chi connectivity index (χ4n) is 3.95. The van der Waals surface area contributed by atoms with Crippen molar-refractivity contribution in [2.24, 2.45) is 5.92 Å². The SMILES string of the molecule is CN(Cc1ccsc1)CC1CCCN2CCCCC12. The molecule has 1 aromatic heterocycles. The molecule has 0 amide bonds. The minimum Gasteiger partial charge on any atom is -0.302 e. The molecule has 0 N–H and O–H groups in total. The van der Waals surface area contributed by atoms with Crippen LogP contribution in [0.1, 0.15) is 37.7 Å². The Kier molecular flexibility index (Phi) is 4.57. The third-order valence-electron chi connectivity index (χ3n) is 4.81. The van der Waals surface area contributed by atoms with Crippen LogP contribution in [0, 0.1) is 5.92 Å². The molecular weight excluding hydrogens is 252 g/mol. The van der Waals surface area contributed by atoms with E-state index in [0.717, 1.165) is 18.5 Å². The van der Waals surface area contributed by atoms with E-state index < -0.39 is 0 Å². The Morgan fingerprint density at radius 3 is 3.00 bits per heavy atom. The molecule has 0 saturated carbocycles. The van der Waals surface area contributed by atoms with E-state index in [2.05, 4.69) is 33.7 Å². The van der Waals surface area contributed by atoms with Gasteiger partial charge in [0.15, 0.2) is 0 Å². The number of nitrogens with zero attached hydrogens (tertiary/aromatic N) is 2. The molecule has 0 spiro atoms. The molecular formula is C16H26N2S. The Morgan fingerprint density at radius 2 is 2.16 bits per heavy atom. The van der Waals surface area contributed by atoms with Gasteiger partial charge in [-0.15, -0.1) is 0 Å². The van der Waals surface area contributed by atoms with E-state index in [0.29, 0.717) is 0 Å². The van der Waals surface area contributed by atoms with Crippen molar-refractivity contribution in [2.45, 2.75) is 44.7 Å². The molecule has 3 heteroatoms. The average Bonchev–Trinajstić information content (AvgIpc) is 2.92. The molecule has 2 atom stereocenters. The van der Waals surface area contributed by atoms with Gasteiger partial charge in [0.05, 0.1) is 0 Å². The molecule has 0 aromatic carbocycles. The van der Waals surface area contributed by atoms with Crippen molar-refractivity contribution >= 4 is 11.3 Å².